The second kappa shape index (κ2) is 5.99. The van der Waals surface area contributed by atoms with Crippen molar-refractivity contribution < 1.29 is 9.90 Å². The van der Waals surface area contributed by atoms with Crippen molar-refractivity contribution in [3.63, 3.8) is 0 Å². The van der Waals surface area contributed by atoms with Gasteiger partial charge in [-0.1, -0.05) is 0 Å². The van der Waals surface area contributed by atoms with E-state index in [-0.39, 0.29) is 12.5 Å². The predicted molar refractivity (Wildman–Crippen MR) is 72.5 cm³/mol. The molecule has 1 amide bonds. The van der Waals surface area contributed by atoms with E-state index in [9.17, 15) is 4.79 Å². The quantitative estimate of drug-likeness (QED) is 0.547. The van der Waals surface area contributed by atoms with Crippen LogP contribution in [0.3, 0.4) is 0 Å². The molecule has 1 aromatic rings. The van der Waals surface area contributed by atoms with Crippen LogP contribution < -0.4 is 11.3 Å². The Morgan fingerprint density at radius 3 is 2.79 bits per heavy atom. The standard InChI is InChI=1S/C13H20N4O2/c1-9-6-11(7-12(15-9)16-14)13(19)17-4-2-10(8-18)3-5-17/h6-7,10,18H,2-5,8,14H2,1H3,(H,15,16). The van der Waals surface area contributed by atoms with Gasteiger partial charge in [-0.25, -0.2) is 10.8 Å². The Bertz CT molecular complexity index is 456. The van der Waals surface area contributed by atoms with Gasteiger partial charge in [0.15, 0.2) is 0 Å². The number of hydrogen-bond acceptors (Lipinski definition) is 5. The number of amides is 1. The summed E-state index contributed by atoms with van der Waals surface area (Å²) in [6.45, 7) is 3.42. The lowest BCUT2D eigenvalue weighted by molar-refractivity contribution is 0.0650. The zero-order valence-electron chi connectivity index (χ0n) is 11.1. The van der Waals surface area contributed by atoms with E-state index in [1.54, 1.807) is 12.1 Å². The topological polar surface area (TPSA) is 91.5 Å². The molecule has 0 aromatic carbocycles. The summed E-state index contributed by atoms with van der Waals surface area (Å²) < 4.78 is 0. The lowest BCUT2D eigenvalue weighted by atomic mass is 9.97. The number of pyridine rings is 1. The van der Waals surface area contributed by atoms with Crippen molar-refractivity contribution >= 4 is 11.7 Å². The first kappa shape index (κ1) is 13.8. The van der Waals surface area contributed by atoms with Gasteiger partial charge in [0.05, 0.1) is 0 Å². The van der Waals surface area contributed by atoms with Crippen LogP contribution in [-0.2, 0) is 0 Å². The second-order valence-electron chi connectivity index (χ2n) is 4.94. The van der Waals surface area contributed by atoms with Crippen molar-refractivity contribution in [3.05, 3.63) is 23.4 Å². The number of carbonyl (C=O) groups excluding carboxylic acids is 1. The maximum Gasteiger partial charge on any atom is 0.254 e. The number of aromatic nitrogens is 1. The third kappa shape index (κ3) is 3.21. The van der Waals surface area contributed by atoms with Crippen molar-refractivity contribution in [1.29, 1.82) is 0 Å². The van der Waals surface area contributed by atoms with E-state index in [4.69, 9.17) is 10.9 Å². The number of aliphatic hydroxyl groups excluding tert-OH is 1. The Balaban J connectivity index is 2.09. The minimum Gasteiger partial charge on any atom is -0.396 e. The number of aryl methyl sites for hydroxylation is 1. The lowest BCUT2D eigenvalue weighted by Gasteiger charge is -2.31. The summed E-state index contributed by atoms with van der Waals surface area (Å²) in [5, 5.41) is 9.10. The molecule has 0 atom stereocenters. The molecule has 1 fully saturated rings. The monoisotopic (exact) mass is 264 g/mol. The number of hydrogen-bond donors (Lipinski definition) is 3. The second-order valence-corrected chi connectivity index (χ2v) is 4.94. The van der Waals surface area contributed by atoms with Crippen LogP contribution in [0.1, 0.15) is 28.9 Å². The van der Waals surface area contributed by atoms with Gasteiger partial charge in [-0.2, -0.15) is 0 Å². The number of aliphatic hydroxyl groups is 1. The predicted octanol–water partition coefficient (Wildman–Crippen LogP) is 0.520. The molecule has 6 heteroatoms. The maximum atomic E-state index is 12.4. The summed E-state index contributed by atoms with van der Waals surface area (Å²) in [7, 11) is 0. The summed E-state index contributed by atoms with van der Waals surface area (Å²) in [6, 6.07) is 3.43. The van der Waals surface area contributed by atoms with Gasteiger partial charge >= 0.3 is 0 Å². The van der Waals surface area contributed by atoms with Gasteiger partial charge < -0.3 is 15.4 Å². The highest BCUT2D eigenvalue weighted by atomic mass is 16.3. The average Bonchev–Trinajstić information content (AvgIpc) is 2.46. The minimum atomic E-state index is -0.00149. The molecule has 0 aliphatic carbocycles. The smallest absolute Gasteiger partial charge is 0.254 e. The van der Waals surface area contributed by atoms with Crippen molar-refractivity contribution in [1.82, 2.24) is 9.88 Å². The molecular formula is C13H20N4O2. The van der Waals surface area contributed by atoms with E-state index in [1.807, 2.05) is 11.8 Å². The molecule has 0 bridgehead atoms. The molecule has 0 saturated carbocycles. The number of nitrogen functional groups attached to an aromatic ring is 1. The number of nitrogens with two attached hydrogens (primary N) is 1. The molecule has 4 N–H and O–H groups in total. The first-order valence-electron chi connectivity index (χ1n) is 6.49. The van der Waals surface area contributed by atoms with Crippen LogP contribution in [0, 0.1) is 12.8 Å². The largest absolute Gasteiger partial charge is 0.396 e. The van der Waals surface area contributed by atoms with Crippen molar-refractivity contribution in [2.75, 3.05) is 25.1 Å². The zero-order valence-corrected chi connectivity index (χ0v) is 11.1. The highest BCUT2D eigenvalue weighted by molar-refractivity contribution is 5.95. The zero-order chi connectivity index (χ0) is 13.8. The lowest BCUT2D eigenvalue weighted by Crippen LogP contribution is -2.39. The summed E-state index contributed by atoms with van der Waals surface area (Å²) in [5.41, 5.74) is 3.82. The van der Waals surface area contributed by atoms with E-state index < -0.39 is 0 Å². The van der Waals surface area contributed by atoms with Crippen molar-refractivity contribution in [2.45, 2.75) is 19.8 Å². The molecular weight excluding hydrogens is 244 g/mol. The fourth-order valence-corrected chi connectivity index (χ4v) is 2.37. The molecule has 1 saturated heterocycles. The Labute approximate surface area is 112 Å². The molecule has 2 rings (SSSR count). The fraction of sp³-hybridized carbons (Fsp3) is 0.538. The Hall–Kier alpha value is -1.66. The first-order valence-corrected chi connectivity index (χ1v) is 6.49. The Kier molecular flexibility index (Phi) is 4.34. The van der Waals surface area contributed by atoms with Gasteiger partial charge in [-0.05, 0) is 37.8 Å². The molecule has 0 radical (unpaired) electrons. The van der Waals surface area contributed by atoms with Gasteiger partial charge in [0, 0.05) is 31.0 Å². The van der Waals surface area contributed by atoms with Crippen LogP contribution in [0.4, 0.5) is 5.82 Å². The van der Waals surface area contributed by atoms with E-state index in [2.05, 4.69) is 10.4 Å². The average molecular weight is 264 g/mol. The van der Waals surface area contributed by atoms with Gasteiger partial charge in [-0.15, -0.1) is 0 Å². The maximum absolute atomic E-state index is 12.4. The number of nitrogens with zero attached hydrogens (tertiary/aromatic N) is 2. The number of likely N-dealkylation sites (tertiary alicyclic amines) is 1. The van der Waals surface area contributed by atoms with E-state index in [1.165, 1.54) is 0 Å². The normalized spacial score (nSPS) is 16.5. The summed E-state index contributed by atoms with van der Waals surface area (Å²) >= 11 is 0. The molecule has 6 nitrogen and oxygen atoms in total. The van der Waals surface area contributed by atoms with Crippen LogP contribution in [0.5, 0.6) is 0 Å². The molecule has 19 heavy (non-hydrogen) atoms. The summed E-state index contributed by atoms with van der Waals surface area (Å²) in [5.74, 6) is 6.15. The number of nitrogens with one attached hydrogen (secondary N) is 1. The highest BCUT2D eigenvalue weighted by Gasteiger charge is 2.23. The van der Waals surface area contributed by atoms with Crippen LogP contribution in [0.15, 0.2) is 12.1 Å². The van der Waals surface area contributed by atoms with E-state index in [0.717, 1.165) is 18.5 Å². The molecule has 104 valence electrons. The fourth-order valence-electron chi connectivity index (χ4n) is 2.37. The number of hydrazine groups is 1. The van der Waals surface area contributed by atoms with E-state index in [0.29, 0.717) is 30.4 Å². The molecule has 2 heterocycles. The van der Waals surface area contributed by atoms with Crippen LogP contribution in [-0.4, -0.2) is 40.6 Å². The third-order valence-electron chi connectivity index (χ3n) is 3.51. The van der Waals surface area contributed by atoms with E-state index >= 15 is 0 Å². The number of piperidine rings is 1. The van der Waals surface area contributed by atoms with Crippen LogP contribution in [0.2, 0.25) is 0 Å². The van der Waals surface area contributed by atoms with Gasteiger partial charge in [0.2, 0.25) is 0 Å². The summed E-state index contributed by atoms with van der Waals surface area (Å²) in [4.78, 5) is 18.4. The first-order chi connectivity index (χ1) is 9.13. The van der Waals surface area contributed by atoms with Gasteiger partial charge in [-0.3, -0.25) is 4.79 Å². The minimum absolute atomic E-state index is 0.00149. The number of anilines is 1. The molecule has 1 aliphatic rings. The Morgan fingerprint density at radius 2 is 2.21 bits per heavy atom. The SMILES string of the molecule is Cc1cc(C(=O)N2CCC(CO)CC2)cc(NN)n1. The van der Waals surface area contributed by atoms with Gasteiger partial charge in [0.1, 0.15) is 5.82 Å². The number of rotatable bonds is 3. The Morgan fingerprint density at radius 1 is 1.53 bits per heavy atom. The summed E-state index contributed by atoms with van der Waals surface area (Å²) in [6.07, 6.45) is 1.71. The van der Waals surface area contributed by atoms with Crippen LogP contribution >= 0.6 is 0 Å². The molecule has 1 aromatic heterocycles. The highest BCUT2D eigenvalue weighted by Crippen LogP contribution is 2.19. The molecule has 1 aliphatic heterocycles. The molecule has 0 spiro atoms. The van der Waals surface area contributed by atoms with Crippen LogP contribution in [0.25, 0.3) is 0 Å². The third-order valence-corrected chi connectivity index (χ3v) is 3.51. The van der Waals surface area contributed by atoms with Crippen molar-refractivity contribution in [2.24, 2.45) is 11.8 Å². The molecule has 0 unspecified atom stereocenters. The number of carbonyl (C=O) groups is 1. The van der Waals surface area contributed by atoms with Gasteiger partial charge in [0.25, 0.3) is 5.91 Å². The van der Waals surface area contributed by atoms with Crippen molar-refractivity contribution in [3.8, 4) is 0 Å².